The molecule has 0 N–H and O–H groups in total. The summed E-state index contributed by atoms with van der Waals surface area (Å²) in [6, 6.07) is 8.29. The van der Waals surface area contributed by atoms with Gasteiger partial charge in [-0.3, -0.25) is 19.7 Å². The second-order valence-corrected chi connectivity index (χ2v) is 7.23. The number of carbonyl (C=O) groups is 1. The standard InChI is InChI=1S/C20H26N4O/c1-15(2)11-23(12-17-6-8-21-9-7-17)19-13-24(14-19)20(25)18-5-4-16(3)22-10-18/h4-10,15,19H,11-14H2,1-3H3. The minimum atomic E-state index is 0.0807. The number of rotatable bonds is 6. The summed E-state index contributed by atoms with van der Waals surface area (Å²) in [6.45, 7) is 9.89. The summed E-state index contributed by atoms with van der Waals surface area (Å²) in [5, 5.41) is 0. The van der Waals surface area contributed by atoms with Gasteiger partial charge in [0.25, 0.3) is 5.91 Å². The lowest BCUT2D eigenvalue weighted by molar-refractivity contribution is 0.0197. The first kappa shape index (κ1) is 17.5. The smallest absolute Gasteiger partial charge is 0.255 e. The highest BCUT2D eigenvalue weighted by atomic mass is 16.2. The van der Waals surface area contributed by atoms with E-state index in [1.165, 1.54) is 5.56 Å². The average Bonchev–Trinajstić information content (AvgIpc) is 2.54. The van der Waals surface area contributed by atoms with Crippen LogP contribution < -0.4 is 0 Å². The topological polar surface area (TPSA) is 49.3 Å². The maximum Gasteiger partial charge on any atom is 0.255 e. The van der Waals surface area contributed by atoms with Crippen molar-refractivity contribution >= 4 is 5.91 Å². The van der Waals surface area contributed by atoms with Crippen molar-refractivity contribution in [3.05, 3.63) is 59.7 Å². The molecule has 0 bridgehead atoms. The number of pyridine rings is 2. The van der Waals surface area contributed by atoms with Gasteiger partial charge in [0.1, 0.15) is 0 Å². The largest absolute Gasteiger partial charge is 0.335 e. The molecule has 5 heteroatoms. The van der Waals surface area contributed by atoms with E-state index < -0.39 is 0 Å². The van der Waals surface area contributed by atoms with Gasteiger partial charge in [0.2, 0.25) is 0 Å². The van der Waals surface area contributed by atoms with E-state index in [1.54, 1.807) is 6.20 Å². The normalized spacial score (nSPS) is 14.8. The van der Waals surface area contributed by atoms with Crippen molar-refractivity contribution in [1.29, 1.82) is 0 Å². The maximum absolute atomic E-state index is 12.5. The van der Waals surface area contributed by atoms with Crippen LogP contribution in [0.25, 0.3) is 0 Å². The molecule has 0 unspecified atom stereocenters. The van der Waals surface area contributed by atoms with Crippen LogP contribution in [0.4, 0.5) is 0 Å². The quantitative estimate of drug-likeness (QED) is 0.813. The Labute approximate surface area is 149 Å². The molecule has 2 aromatic rings. The van der Waals surface area contributed by atoms with Gasteiger partial charge in [-0.05, 0) is 42.7 Å². The maximum atomic E-state index is 12.5. The third kappa shape index (κ3) is 4.42. The number of hydrogen-bond donors (Lipinski definition) is 0. The number of hydrogen-bond acceptors (Lipinski definition) is 4. The molecule has 3 heterocycles. The van der Waals surface area contributed by atoms with Crippen LogP contribution in [0.15, 0.2) is 42.9 Å². The Hall–Kier alpha value is -2.27. The Balaban J connectivity index is 1.61. The Morgan fingerprint density at radius 1 is 1.24 bits per heavy atom. The van der Waals surface area contributed by atoms with Crippen LogP contribution in [0.1, 0.15) is 35.5 Å². The molecule has 0 aliphatic carbocycles. The van der Waals surface area contributed by atoms with Gasteiger partial charge < -0.3 is 4.90 Å². The van der Waals surface area contributed by atoms with Crippen molar-refractivity contribution in [2.24, 2.45) is 5.92 Å². The average molecular weight is 338 g/mol. The van der Waals surface area contributed by atoms with E-state index in [0.29, 0.717) is 17.5 Å². The van der Waals surface area contributed by atoms with Crippen molar-refractivity contribution in [1.82, 2.24) is 19.8 Å². The fraction of sp³-hybridized carbons (Fsp3) is 0.450. The summed E-state index contributed by atoms with van der Waals surface area (Å²) in [6.07, 6.45) is 5.35. The van der Waals surface area contributed by atoms with E-state index in [-0.39, 0.29) is 5.91 Å². The van der Waals surface area contributed by atoms with Gasteiger partial charge in [0.05, 0.1) is 5.56 Å². The molecule has 3 rings (SSSR count). The molecule has 0 radical (unpaired) electrons. The zero-order chi connectivity index (χ0) is 17.8. The van der Waals surface area contributed by atoms with Crippen LogP contribution in [0.3, 0.4) is 0 Å². The van der Waals surface area contributed by atoms with Crippen molar-refractivity contribution in [3.8, 4) is 0 Å². The van der Waals surface area contributed by atoms with Crippen molar-refractivity contribution in [3.63, 3.8) is 0 Å². The second kappa shape index (κ2) is 7.74. The number of nitrogens with zero attached hydrogens (tertiary/aromatic N) is 4. The highest BCUT2D eigenvalue weighted by Gasteiger charge is 2.35. The van der Waals surface area contributed by atoms with Gasteiger partial charge in [0, 0.05) is 56.5 Å². The fourth-order valence-electron chi connectivity index (χ4n) is 3.16. The summed E-state index contributed by atoms with van der Waals surface area (Å²) in [4.78, 5) is 25.3. The molecule has 5 nitrogen and oxygen atoms in total. The van der Waals surface area contributed by atoms with Crippen LogP contribution in [0.5, 0.6) is 0 Å². The zero-order valence-electron chi connectivity index (χ0n) is 15.2. The minimum Gasteiger partial charge on any atom is -0.335 e. The minimum absolute atomic E-state index is 0.0807. The summed E-state index contributed by atoms with van der Waals surface area (Å²) < 4.78 is 0. The van der Waals surface area contributed by atoms with Crippen LogP contribution in [-0.2, 0) is 6.54 Å². The molecule has 1 amide bonds. The predicted octanol–water partition coefficient (Wildman–Crippen LogP) is 2.77. The molecular formula is C20H26N4O. The number of carbonyl (C=O) groups excluding carboxylic acids is 1. The first-order valence-corrected chi connectivity index (χ1v) is 8.88. The third-order valence-corrected chi connectivity index (χ3v) is 4.56. The zero-order valence-corrected chi connectivity index (χ0v) is 15.2. The molecule has 0 atom stereocenters. The van der Waals surface area contributed by atoms with Crippen molar-refractivity contribution < 1.29 is 4.79 Å². The second-order valence-electron chi connectivity index (χ2n) is 7.23. The molecule has 0 saturated carbocycles. The summed E-state index contributed by atoms with van der Waals surface area (Å²) in [7, 11) is 0. The van der Waals surface area contributed by atoms with Gasteiger partial charge >= 0.3 is 0 Å². The Bertz CT molecular complexity index is 693. The number of amides is 1. The first-order chi connectivity index (χ1) is 12.0. The SMILES string of the molecule is Cc1ccc(C(=O)N2CC(N(Cc3ccncc3)CC(C)C)C2)cn1. The van der Waals surface area contributed by atoms with Gasteiger partial charge in [-0.15, -0.1) is 0 Å². The van der Waals surface area contributed by atoms with E-state index in [1.807, 2.05) is 36.4 Å². The molecule has 0 spiro atoms. The summed E-state index contributed by atoms with van der Waals surface area (Å²) >= 11 is 0. The Kier molecular flexibility index (Phi) is 5.43. The molecule has 132 valence electrons. The van der Waals surface area contributed by atoms with Crippen molar-refractivity contribution in [2.45, 2.75) is 33.4 Å². The monoisotopic (exact) mass is 338 g/mol. The lowest BCUT2D eigenvalue weighted by atomic mass is 10.0. The Morgan fingerprint density at radius 3 is 2.56 bits per heavy atom. The molecular weight excluding hydrogens is 312 g/mol. The molecule has 1 saturated heterocycles. The third-order valence-electron chi connectivity index (χ3n) is 4.56. The van der Waals surface area contributed by atoms with Crippen molar-refractivity contribution in [2.75, 3.05) is 19.6 Å². The van der Waals surface area contributed by atoms with Gasteiger partial charge in [-0.25, -0.2) is 0 Å². The van der Waals surface area contributed by atoms with Gasteiger partial charge in [-0.2, -0.15) is 0 Å². The van der Waals surface area contributed by atoms with Crippen LogP contribution in [-0.4, -0.2) is 51.4 Å². The molecule has 25 heavy (non-hydrogen) atoms. The summed E-state index contributed by atoms with van der Waals surface area (Å²) in [5.74, 6) is 0.671. The van der Waals surface area contributed by atoms with E-state index >= 15 is 0 Å². The molecule has 2 aromatic heterocycles. The Morgan fingerprint density at radius 2 is 1.96 bits per heavy atom. The van der Waals surface area contributed by atoms with Crippen LogP contribution in [0.2, 0.25) is 0 Å². The highest BCUT2D eigenvalue weighted by Crippen LogP contribution is 2.21. The van der Waals surface area contributed by atoms with E-state index in [0.717, 1.165) is 31.9 Å². The van der Waals surface area contributed by atoms with E-state index in [9.17, 15) is 4.79 Å². The van der Waals surface area contributed by atoms with E-state index in [4.69, 9.17) is 0 Å². The lowest BCUT2D eigenvalue weighted by Crippen LogP contribution is -2.61. The highest BCUT2D eigenvalue weighted by molar-refractivity contribution is 5.94. The van der Waals surface area contributed by atoms with Gasteiger partial charge in [0.15, 0.2) is 0 Å². The molecule has 1 aliphatic rings. The van der Waals surface area contributed by atoms with Crippen LogP contribution in [0, 0.1) is 12.8 Å². The number of aryl methyl sites for hydroxylation is 1. The fourth-order valence-corrected chi connectivity index (χ4v) is 3.16. The van der Waals surface area contributed by atoms with Crippen LogP contribution >= 0.6 is 0 Å². The lowest BCUT2D eigenvalue weighted by Gasteiger charge is -2.46. The molecule has 1 aliphatic heterocycles. The van der Waals surface area contributed by atoms with E-state index in [2.05, 4.69) is 40.8 Å². The number of likely N-dealkylation sites (tertiary alicyclic amines) is 1. The molecule has 1 fully saturated rings. The first-order valence-electron chi connectivity index (χ1n) is 8.88. The molecule has 0 aromatic carbocycles. The van der Waals surface area contributed by atoms with Gasteiger partial charge in [-0.1, -0.05) is 13.8 Å². The number of aromatic nitrogens is 2. The summed E-state index contributed by atoms with van der Waals surface area (Å²) in [5.41, 5.74) is 2.87. The predicted molar refractivity (Wildman–Crippen MR) is 98.2 cm³/mol.